The number of nitrogens with one attached hydrogen (secondary N) is 2. The molecule has 0 spiro atoms. The summed E-state index contributed by atoms with van der Waals surface area (Å²) in [7, 11) is -4.14. The van der Waals surface area contributed by atoms with E-state index in [1.807, 2.05) is 6.08 Å². The molecule has 3 N–H and O–H groups in total. The van der Waals surface area contributed by atoms with Crippen LogP contribution in [-0.2, 0) is 10.0 Å². The van der Waals surface area contributed by atoms with Crippen LogP contribution in [0.1, 0.15) is 18.4 Å². The van der Waals surface area contributed by atoms with Crippen LogP contribution in [0.25, 0.3) is 0 Å². The molecule has 4 rings (SSSR count). The van der Waals surface area contributed by atoms with Crippen molar-refractivity contribution < 1.29 is 22.3 Å². The molecular formula is C23H21BrF2N4O3S. The number of hydrogen-bond acceptors (Lipinski definition) is 6. The highest BCUT2D eigenvalue weighted by Crippen LogP contribution is 2.31. The molecule has 178 valence electrons. The molecule has 2 aliphatic rings. The van der Waals surface area contributed by atoms with E-state index in [0.717, 1.165) is 28.0 Å². The Balaban J connectivity index is 1.49. The van der Waals surface area contributed by atoms with Crippen LogP contribution in [0.5, 0.6) is 5.75 Å². The number of phenols is 1. The smallest absolute Gasteiger partial charge is 0.243 e. The van der Waals surface area contributed by atoms with E-state index in [4.69, 9.17) is 4.99 Å². The summed E-state index contributed by atoms with van der Waals surface area (Å²) in [6.07, 6.45) is 4.82. The van der Waals surface area contributed by atoms with Crippen molar-refractivity contribution in [2.24, 2.45) is 9.98 Å². The van der Waals surface area contributed by atoms with Crippen molar-refractivity contribution in [3.05, 3.63) is 81.6 Å². The first-order valence-corrected chi connectivity index (χ1v) is 12.7. The van der Waals surface area contributed by atoms with Crippen LogP contribution < -0.4 is 10.0 Å². The number of rotatable bonds is 7. The van der Waals surface area contributed by atoms with Gasteiger partial charge in [-0.15, -0.1) is 0 Å². The van der Waals surface area contributed by atoms with E-state index in [1.54, 1.807) is 30.5 Å². The lowest BCUT2D eigenvalue weighted by Gasteiger charge is -2.19. The molecular weight excluding hydrogens is 530 g/mol. The van der Waals surface area contributed by atoms with Gasteiger partial charge in [-0.2, -0.15) is 0 Å². The average Bonchev–Trinajstić information content (AvgIpc) is 3.11. The van der Waals surface area contributed by atoms with Gasteiger partial charge in [-0.05, 0) is 59.1 Å². The lowest BCUT2D eigenvalue weighted by atomic mass is 10.0. The highest BCUT2D eigenvalue weighted by molar-refractivity contribution is 9.12. The Labute approximate surface area is 204 Å². The van der Waals surface area contributed by atoms with Gasteiger partial charge < -0.3 is 10.4 Å². The fourth-order valence-corrected chi connectivity index (χ4v) is 5.19. The summed E-state index contributed by atoms with van der Waals surface area (Å²) in [4.78, 5) is 8.61. The molecule has 11 heteroatoms. The Morgan fingerprint density at radius 2 is 1.94 bits per heavy atom. The second-order valence-corrected chi connectivity index (χ2v) is 10.2. The third-order valence-electron chi connectivity index (χ3n) is 5.30. The van der Waals surface area contributed by atoms with Gasteiger partial charge in [0.2, 0.25) is 10.0 Å². The van der Waals surface area contributed by atoms with Crippen molar-refractivity contribution in [1.82, 2.24) is 10.0 Å². The fraction of sp³-hybridized carbons (Fsp3) is 0.217. The molecule has 1 unspecified atom stereocenters. The molecule has 1 atom stereocenters. The molecule has 0 radical (unpaired) electrons. The van der Waals surface area contributed by atoms with Crippen molar-refractivity contribution in [3.63, 3.8) is 0 Å². The zero-order valence-electron chi connectivity index (χ0n) is 17.8. The van der Waals surface area contributed by atoms with Gasteiger partial charge in [0.05, 0.1) is 21.9 Å². The number of halogens is 3. The quantitative estimate of drug-likeness (QED) is 0.456. The molecule has 0 aromatic heterocycles. The maximum atomic E-state index is 13.9. The molecule has 0 saturated carbocycles. The van der Waals surface area contributed by atoms with Gasteiger partial charge >= 0.3 is 0 Å². The molecule has 0 bridgehead atoms. The zero-order chi connectivity index (χ0) is 24.3. The summed E-state index contributed by atoms with van der Waals surface area (Å²) in [5.41, 5.74) is 2.65. The van der Waals surface area contributed by atoms with E-state index >= 15 is 0 Å². The van der Waals surface area contributed by atoms with Gasteiger partial charge in [0.15, 0.2) is 0 Å². The van der Waals surface area contributed by atoms with E-state index in [-0.39, 0.29) is 24.9 Å². The number of sulfonamides is 1. The Kier molecular flexibility index (Phi) is 7.24. The summed E-state index contributed by atoms with van der Waals surface area (Å²) in [5, 5.41) is 13.5. The Hall–Kier alpha value is -2.89. The minimum Gasteiger partial charge on any atom is -0.507 e. The van der Waals surface area contributed by atoms with Crippen LogP contribution in [0.4, 0.5) is 8.78 Å². The molecule has 34 heavy (non-hydrogen) atoms. The van der Waals surface area contributed by atoms with E-state index in [2.05, 4.69) is 31.0 Å². The van der Waals surface area contributed by atoms with Crippen molar-refractivity contribution in [2.75, 3.05) is 13.1 Å². The maximum absolute atomic E-state index is 13.9. The van der Waals surface area contributed by atoms with Gasteiger partial charge in [-0.3, -0.25) is 4.99 Å². The molecule has 2 heterocycles. The average molecular weight is 551 g/mol. The third kappa shape index (κ3) is 5.43. The minimum absolute atomic E-state index is 0.0299. The first kappa shape index (κ1) is 24.2. The van der Waals surface area contributed by atoms with E-state index in [1.165, 1.54) is 0 Å². The first-order valence-electron chi connectivity index (χ1n) is 10.4. The summed E-state index contributed by atoms with van der Waals surface area (Å²) >= 11 is 3.48. The number of phenolic OH excluding ortho intramolecular Hbond substituents is 1. The number of allylic oxidation sites excluding steroid dienone is 3. The zero-order valence-corrected chi connectivity index (χ0v) is 20.2. The summed E-state index contributed by atoms with van der Waals surface area (Å²) < 4.78 is 54.8. The molecule has 2 aromatic rings. The summed E-state index contributed by atoms with van der Waals surface area (Å²) in [6, 6.07) is 9.02. The van der Waals surface area contributed by atoms with Crippen LogP contribution in [0.2, 0.25) is 0 Å². The molecule has 0 amide bonds. The van der Waals surface area contributed by atoms with E-state index < -0.39 is 26.6 Å². The van der Waals surface area contributed by atoms with Gasteiger partial charge in [0, 0.05) is 36.6 Å². The molecule has 0 aliphatic carbocycles. The van der Waals surface area contributed by atoms with Crippen molar-refractivity contribution in [3.8, 4) is 5.75 Å². The molecule has 0 saturated heterocycles. The van der Waals surface area contributed by atoms with E-state index in [9.17, 15) is 22.3 Å². The molecule has 2 aliphatic heterocycles. The normalized spacial score (nSPS) is 19.7. The highest BCUT2D eigenvalue weighted by Gasteiger charge is 2.24. The van der Waals surface area contributed by atoms with Crippen LogP contribution in [0.3, 0.4) is 0 Å². The van der Waals surface area contributed by atoms with Gasteiger partial charge in [-0.25, -0.2) is 26.9 Å². The Morgan fingerprint density at radius 3 is 2.71 bits per heavy atom. The standard InChI is InChI=1S/C23H21BrF2N4O3S/c24-17-13-28-19-7-6-15(12-20(30-23(17)19)16-3-1-2-4-21(16)31)27-9-10-29-34(32,33)22-8-5-14(25)11-18(22)26/h1-5,8,11-13,19,27,29,31H,6-7,9-10H2/b15-12+,30-20?. The fourth-order valence-electron chi connectivity index (χ4n) is 3.63. The predicted molar refractivity (Wildman–Crippen MR) is 130 cm³/mol. The Morgan fingerprint density at radius 1 is 1.15 bits per heavy atom. The maximum Gasteiger partial charge on any atom is 0.243 e. The Bertz CT molecular complexity index is 1340. The van der Waals surface area contributed by atoms with Crippen molar-refractivity contribution >= 4 is 37.9 Å². The van der Waals surface area contributed by atoms with Gasteiger partial charge in [-0.1, -0.05) is 12.1 Å². The summed E-state index contributed by atoms with van der Waals surface area (Å²) in [5.74, 6) is -1.93. The molecule has 0 fully saturated rings. The van der Waals surface area contributed by atoms with E-state index in [0.29, 0.717) is 30.2 Å². The van der Waals surface area contributed by atoms with Crippen LogP contribution in [0, 0.1) is 11.6 Å². The number of aromatic hydroxyl groups is 1. The lowest BCUT2D eigenvalue weighted by molar-refractivity contribution is 0.474. The van der Waals surface area contributed by atoms with Gasteiger partial charge in [0.1, 0.15) is 22.3 Å². The lowest BCUT2D eigenvalue weighted by Crippen LogP contribution is -2.32. The third-order valence-corrected chi connectivity index (χ3v) is 7.40. The highest BCUT2D eigenvalue weighted by atomic mass is 79.9. The predicted octanol–water partition coefficient (Wildman–Crippen LogP) is 3.76. The first-order chi connectivity index (χ1) is 16.2. The second kappa shape index (κ2) is 10.2. The van der Waals surface area contributed by atoms with Crippen LogP contribution in [0.15, 0.2) is 79.3 Å². The van der Waals surface area contributed by atoms with Gasteiger partial charge in [0.25, 0.3) is 0 Å². The van der Waals surface area contributed by atoms with Crippen molar-refractivity contribution in [1.29, 1.82) is 0 Å². The van der Waals surface area contributed by atoms with Crippen LogP contribution >= 0.6 is 15.9 Å². The number of para-hydroxylation sites is 1. The number of aliphatic imine (C=N–C) groups is 2. The number of nitrogens with zero attached hydrogens (tertiary/aromatic N) is 2. The second-order valence-electron chi connectivity index (χ2n) is 7.65. The number of benzene rings is 2. The minimum atomic E-state index is -4.14. The largest absolute Gasteiger partial charge is 0.507 e. The molecule has 7 nitrogen and oxygen atoms in total. The number of hydrogen-bond donors (Lipinski definition) is 3. The van der Waals surface area contributed by atoms with Crippen LogP contribution in [-0.4, -0.2) is 44.6 Å². The molecule has 2 aromatic carbocycles. The topological polar surface area (TPSA) is 103 Å². The van der Waals surface area contributed by atoms with Crippen molar-refractivity contribution in [2.45, 2.75) is 23.8 Å². The monoisotopic (exact) mass is 550 g/mol. The SMILES string of the molecule is O=S(=O)(NCCN/C1=C/C(c2ccccc2O)=NC2=C(Br)C=NC2CC1)c1ccc(F)cc1F. The number of fused-ring (bicyclic) bond motifs is 1. The summed E-state index contributed by atoms with van der Waals surface area (Å²) in [6.45, 7) is 0.181.